The Morgan fingerprint density at radius 2 is 1.94 bits per heavy atom. The Balaban J connectivity index is 1.87. The molecule has 1 atom stereocenters. The summed E-state index contributed by atoms with van der Waals surface area (Å²) < 4.78 is 72.2. The van der Waals surface area contributed by atoms with E-state index in [-0.39, 0.29) is 28.9 Å². The van der Waals surface area contributed by atoms with E-state index in [1.54, 1.807) is 11.0 Å². The number of hydrogen-bond acceptors (Lipinski definition) is 8. The molecule has 13 heteroatoms. The number of fused-ring (bicyclic) bond motifs is 3. The Morgan fingerprint density at radius 1 is 1.25 bits per heavy atom. The molecule has 1 aliphatic heterocycles. The van der Waals surface area contributed by atoms with E-state index < -0.39 is 45.9 Å². The molecule has 0 saturated heterocycles. The lowest BCUT2D eigenvalue weighted by atomic mass is 9.97. The lowest BCUT2D eigenvalue weighted by molar-refractivity contribution is -0.141. The number of carbonyl (C=O) groups excluding carboxylic acids is 1. The number of esters is 1. The summed E-state index contributed by atoms with van der Waals surface area (Å²) in [5.74, 6) is -1.47. The van der Waals surface area contributed by atoms with Crippen LogP contribution in [0.25, 0.3) is 10.9 Å². The number of hydrogen-bond donors (Lipinski definition) is 1. The van der Waals surface area contributed by atoms with Crippen LogP contribution in [0.3, 0.4) is 0 Å². The van der Waals surface area contributed by atoms with Gasteiger partial charge in [0, 0.05) is 42.1 Å². The van der Waals surface area contributed by atoms with Crippen LogP contribution in [0.1, 0.15) is 47.2 Å². The van der Waals surface area contributed by atoms with Gasteiger partial charge < -0.3 is 19.3 Å². The Bertz CT molecular complexity index is 1450. The fourth-order valence-electron chi connectivity index (χ4n) is 4.74. The average molecular weight is 527 g/mol. The quantitative estimate of drug-likeness (QED) is 0.504. The lowest BCUT2D eigenvalue weighted by Crippen LogP contribution is -2.41. The van der Waals surface area contributed by atoms with Gasteiger partial charge in [-0.15, -0.1) is 0 Å². The van der Waals surface area contributed by atoms with Gasteiger partial charge >= 0.3 is 12.1 Å². The van der Waals surface area contributed by atoms with Gasteiger partial charge in [0.25, 0.3) is 0 Å². The molecule has 3 aromatic rings. The number of aromatic nitrogens is 3. The van der Waals surface area contributed by atoms with Crippen molar-refractivity contribution < 1.29 is 36.2 Å². The van der Waals surface area contributed by atoms with Crippen molar-refractivity contribution in [3.8, 4) is 0 Å². The minimum absolute atomic E-state index is 0.0264. The molecular formula is C23H25F3N4O5S. The van der Waals surface area contributed by atoms with Gasteiger partial charge in [0.15, 0.2) is 15.5 Å². The number of benzene rings is 1. The van der Waals surface area contributed by atoms with Gasteiger partial charge in [-0.05, 0) is 29.7 Å². The summed E-state index contributed by atoms with van der Waals surface area (Å²) in [4.78, 5) is 21.4. The highest BCUT2D eigenvalue weighted by molar-refractivity contribution is 7.90. The molecular weight excluding hydrogens is 501 g/mol. The summed E-state index contributed by atoms with van der Waals surface area (Å²) >= 11 is 0. The lowest BCUT2D eigenvalue weighted by Gasteiger charge is -2.39. The molecule has 0 fully saturated rings. The first-order valence-corrected chi connectivity index (χ1v) is 12.9. The van der Waals surface area contributed by atoms with E-state index in [2.05, 4.69) is 14.7 Å². The smallest absolute Gasteiger partial charge is 0.434 e. The van der Waals surface area contributed by atoms with Gasteiger partial charge in [-0.3, -0.25) is 0 Å². The molecule has 1 unspecified atom stereocenters. The van der Waals surface area contributed by atoms with E-state index in [1.165, 1.54) is 6.07 Å². The second-order valence-electron chi connectivity index (χ2n) is 8.97. The maximum atomic E-state index is 13.7. The third-order valence-corrected chi connectivity index (χ3v) is 7.41. The van der Waals surface area contributed by atoms with Crippen LogP contribution < -0.4 is 4.90 Å². The van der Waals surface area contributed by atoms with E-state index in [1.807, 2.05) is 24.5 Å². The molecule has 3 heterocycles. The molecule has 0 bridgehead atoms. The third-order valence-electron chi connectivity index (χ3n) is 6.23. The molecule has 0 saturated carbocycles. The number of nitrogens with zero attached hydrogens (tertiary/aromatic N) is 4. The molecule has 1 aliphatic rings. The zero-order chi connectivity index (χ0) is 26.6. The number of halogens is 3. The van der Waals surface area contributed by atoms with Gasteiger partial charge in [0.1, 0.15) is 5.56 Å². The molecule has 0 radical (unpaired) electrons. The van der Waals surface area contributed by atoms with Gasteiger partial charge in [-0.2, -0.15) is 13.2 Å². The van der Waals surface area contributed by atoms with Crippen LogP contribution in [0.5, 0.6) is 0 Å². The van der Waals surface area contributed by atoms with E-state index in [4.69, 9.17) is 0 Å². The molecule has 1 aromatic carbocycles. The van der Waals surface area contributed by atoms with Crippen LogP contribution in [0.4, 0.5) is 19.1 Å². The molecule has 194 valence electrons. The van der Waals surface area contributed by atoms with Crippen molar-refractivity contribution >= 4 is 32.7 Å². The molecule has 2 aromatic heterocycles. The van der Waals surface area contributed by atoms with Crippen LogP contribution >= 0.6 is 0 Å². The standard InChI is InChI=1S/C23H25F3N4O5S/c1-12(2)19-17-8-13-7-14(11-31)18(36(4,33)34)9-16(13)29(17)5-6-30(19)22-27-10-15(21(32)35-3)20(28-22)23(24,25)26/h7-10,12,19,31H,5-6,11H2,1-4H3. The Hall–Kier alpha value is -3.19. The average Bonchev–Trinajstić information content (AvgIpc) is 3.17. The maximum Gasteiger partial charge on any atom is 0.434 e. The van der Waals surface area contributed by atoms with Crippen molar-refractivity contribution in [2.75, 3.05) is 24.8 Å². The summed E-state index contributed by atoms with van der Waals surface area (Å²) in [6.07, 6.45) is -3.01. The summed E-state index contributed by atoms with van der Waals surface area (Å²) in [7, 11) is -2.63. The van der Waals surface area contributed by atoms with Crippen LogP contribution in [-0.4, -0.2) is 53.9 Å². The van der Waals surface area contributed by atoms with Gasteiger partial charge in [-0.25, -0.2) is 23.2 Å². The van der Waals surface area contributed by atoms with Gasteiger partial charge in [-0.1, -0.05) is 13.8 Å². The number of sulfone groups is 1. The molecule has 0 spiro atoms. The Morgan fingerprint density at radius 3 is 2.50 bits per heavy atom. The normalized spacial score (nSPS) is 16.5. The highest BCUT2D eigenvalue weighted by Gasteiger charge is 2.40. The van der Waals surface area contributed by atoms with Crippen LogP contribution in [0.15, 0.2) is 29.3 Å². The summed E-state index contributed by atoms with van der Waals surface area (Å²) in [6, 6.07) is 4.53. The minimum Gasteiger partial charge on any atom is -0.465 e. The van der Waals surface area contributed by atoms with Crippen molar-refractivity contribution in [2.24, 2.45) is 5.92 Å². The number of methoxy groups -OCH3 is 1. The van der Waals surface area contributed by atoms with Gasteiger partial charge in [0.05, 0.1) is 24.7 Å². The second-order valence-corrected chi connectivity index (χ2v) is 11.0. The number of aliphatic hydroxyl groups excluding tert-OH is 1. The topological polar surface area (TPSA) is 115 Å². The fraction of sp³-hybridized carbons (Fsp3) is 0.435. The third kappa shape index (κ3) is 4.41. The number of aliphatic hydroxyl groups is 1. The largest absolute Gasteiger partial charge is 0.465 e. The predicted molar refractivity (Wildman–Crippen MR) is 124 cm³/mol. The zero-order valence-electron chi connectivity index (χ0n) is 20.0. The number of carbonyl (C=O) groups is 1. The van der Waals surface area contributed by atoms with E-state index in [0.29, 0.717) is 17.4 Å². The van der Waals surface area contributed by atoms with Crippen LogP contribution in [0.2, 0.25) is 0 Å². The van der Waals surface area contributed by atoms with Crippen LogP contribution in [0, 0.1) is 5.92 Å². The molecule has 0 aliphatic carbocycles. The van der Waals surface area contributed by atoms with Gasteiger partial charge in [0.2, 0.25) is 5.95 Å². The highest BCUT2D eigenvalue weighted by atomic mass is 32.2. The highest BCUT2D eigenvalue weighted by Crippen LogP contribution is 2.40. The molecule has 36 heavy (non-hydrogen) atoms. The SMILES string of the molecule is COC(=O)c1cnc(N2CCn3c(cc4cc(CO)c(S(C)(=O)=O)cc43)C2C(C)C)nc1C(F)(F)F. The Labute approximate surface area is 205 Å². The van der Waals surface area contributed by atoms with E-state index >= 15 is 0 Å². The van der Waals surface area contributed by atoms with Crippen molar-refractivity contribution in [3.63, 3.8) is 0 Å². The molecule has 0 amide bonds. The zero-order valence-corrected chi connectivity index (χ0v) is 20.8. The Kier molecular flexibility index (Phi) is 6.50. The number of ether oxygens (including phenoxy) is 1. The summed E-state index contributed by atoms with van der Waals surface area (Å²) in [5.41, 5.74) is -0.493. The summed E-state index contributed by atoms with van der Waals surface area (Å²) in [6.45, 7) is 3.91. The second kappa shape index (κ2) is 9.04. The monoisotopic (exact) mass is 526 g/mol. The summed E-state index contributed by atoms with van der Waals surface area (Å²) in [5, 5.41) is 10.4. The first kappa shape index (κ1) is 25.9. The number of anilines is 1. The number of alkyl halides is 3. The predicted octanol–water partition coefficient (Wildman–Crippen LogP) is 3.35. The van der Waals surface area contributed by atoms with Crippen molar-refractivity contribution in [1.82, 2.24) is 14.5 Å². The first-order valence-electron chi connectivity index (χ1n) is 11.0. The van der Waals surface area contributed by atoms with Crippen molar-refractivity contribution in [1.29, 1.82) is 0 Å². The molecule has 9 nitrogen and oxygen atoms in total. The maximum absolute atomic E-state index is 13.7. The van der Waals surface area contributed by atoms with E-state index in [9.17, 15) is 31.5 Å². The van der Waals surface area contributed by atoms with Crippen molar-refractivity contribution in [3.05, 3.63) is 46.9 Å². The van der Waals surface area contributed by atoms with E-state index in [0.717, 1.165) is 25.3 Å². The first-order chi connectivity index (χ1) is 16.8. The molecule has 4 rings (SSSR count). The minimum atomic E-state index is -4.90. The fourth-order valence-corrected chi connectivity index (χ4v) is 5.67. The number of rotatable bonds is 5. The molecule has 1 N–H and O–H groups in total. The van der Waals surface area contributed by atoms with Crippen molar-refractivity contribution in [2.45, 2.75) is 44.1 Å². The van der Waals surface area contributed by atoms with Crippen LogP contribution in [-0.2, 0) is 33.9 Å².